The van der Waals surface area contributed by atoms with Gasteiger partial charge in [0.05, 0.1) is 28.1 Å². The van der Waals surface area contributed by atoms with Crippen LogP contribution in [0.2, 0.25) is 20.1 Å². The number of halogens is 4. The Kier molecular flexibility index (Phi) is 6.35. The van der Waals surface area contributed by atoms with Gasteiger partial charge in [0.25, 0.3) is 5.91 Å². The number of nitrogens with one attached hydrogen (secondary N) is 1. The molecule has 0 radical (unpaired) electrons. The van der Waals surface area contributed by atoms with Gasteiger partial charge in [-0.2, -0.15) is 0 Å². The van der Waals surface area contributed by atoms with E-state index in [0.717, 1.165) is 0 Å². The molecule has 1 amide bonds. The molecule has 2 aromatic rings. The number of carbonyl (C=O) groups is 2. The van der Waals surface area contributed by atoms with Crippen LogP contribution >= 0.6 is 46.4 Å². The minimum atomic E-state index is -1.10. The zero-order valence-corrected chi connectivity index (χ0v) is 15.0. The van der Waals surface area contributed by atoms with Crippen molar-refractivity contribution in [2.75, 3.05) is 0 Å². The van der Waals surface area contributed by atoms with E-state index in [1.54, 1.807) is 18.2 Å². The predicted octanol–water partition coefficient (Wildman–Crippen LogP) is 5.25. The third kappa shape index (κ3) is 4.54. The fourth-order valence-corrected chi connectivity index (χ4v) is 3.25. The van der Waals surface area contributed by atoms with Crippen molar-refractivity contribution >= 4 is 58.3 Å². The molecule has 0 aliphatic carbocycles. The molecule has 2 N–H and O–H groups in total. The molecule has 0 spiro atoms. The monoisotopic (exact) mass is 405 g/mol. The number of carbonyl (C=O) groups excluding carboxylic acids is 1. The Labute approximate surface area is 158 Å². The van der Waals surface area contributed by atoms with Gasteiger partial charge in [0.15, 0.2) is 0 Å². The second-order valence-corrected chi connectivity index (χ2v) is 6.54. The number of hydrogen-bond acceptors (Lipinski definition) is 2. The largest absolute Gasteiger partial charge is 0.481 e. The minimum absolute atomic E-state index is 0.0707. The normalized spacial score (nSPS) is 11.8. The molecule has 0 saturated heterocycles. The van der Waals surface area contributed by atoms with E-state index in [4.69, 9.17) is 51.5 Å². The Hall–Kier alpha value is -1.46. The minimum Gasteiger partial charge on any atom is -0.481 e. The fourth-order valence-electron chi connectivity index (χ4n) is 2.14. The summed E-state index contributed by atoms with van der Waals surface area (Å²) in [5.41, 5.74) is 0.501. The van der Waals surface area contributed by atoms with Gasteiger partial charge in [-0.05, 0) is 29.8 Å². The summed E-state index contributed by atoms with van der Waals surface area (Å²) >= 11 is 24.0. The van der Waals surface area contributed by atoms with Crippen LogP contribution in [0.4, 0.5) is 0 Å². The zero-order chi connectivity index (χ0) is 17.9. The van der Waals surface area contributed by atoms with Gasteiger partial charge in [-0.3, -0.25) is 9.59 Å². The molecule has 1 unspecified atom stereocenters. The summed E-state index contributed by atoms with van der Waals surface area (Å²) in [5, 5.41) is 12.7. The van der Waals surface area contributed by atoms with Crippen molar-refractivity contribution in [3.8, 4) is 0 Å². The average molecular weight is 407 g/mol. The van der Waals surface area contributed by atoms with Crippen LogP contribution in [0.15, 0.2) is 36.4 Å². The molecule has 0 aliphatic rings. The van der Waals surface area contributed by atoms with Crippen molar-refractivity contribution in [1.82, 2.24) is 5.32 Å². The van der Waals surface area contributed by atoms with Crippen LogP contribution in [0.5, 0.6) is 0 Å². The van der Waals surface area contributed by atoms with E-state index in [2.05, 4.69) is 5.32 Å². The number of hydrogen-bond donors (Lipinski definition) is 2. The zero-order valence-electron chi connectivity index (χ0n) is 12.0. The second-order valence-electron chi connectivity index (χ2n) is 4.89. The highest BCUT2D eigenvalue weighted by molar-refractivity contribution is 6.39. The molecule has 0 saturated carbocycles. The van der Waals surface area contributed by atoms with Crippen molar-refractivity contribution in [1.29, 1.82) is 0 Å². The summed E-state index contributed by atoms with van der Waals surface area (Å²) in [5.74, 6) is -1.69. The van der Waals surface area contributed by atoms with Crippen LogP contribution in [0, 0.1) is 0 Å². The highest BCUT2D eigenvalue weighted by atomic mass is 35.5. The molecule has 126 valence electrons. The first kappa shape index (κ1) is 18.9. The maximum Gasteiger partial charge on any atom is 0.305 e. The van der Waals surface area contributed by atoms with Gasteiger partial charge in [0, 0.05) is 10.0 Å². The lowest BCUT2D eigenvalue weighted by Crippen LogP contribution is -2.30. The molecule has 24 heavy (non-hydrogen) atoms. The van der Waals surface area contributed by atoms with Crippen LogP contribution in [0.1, 0.15) is 28.4 Å². The van der Waals surface area contributed by atoms with E-state index < -0.39 is 17.9 Å². The lowest BCUT2D eigenvalue weighted by atomic mass is 10.0. The third-order valence-electron chi connectivity index (χ3n) is 3.21. The van der Waals surface area contributed by atoms with Gasteiger partial charge in [-0.1, -0.05) is 58.5 Å². The lowest BCUT2D eigenvalue weighted by molar-refractivity contribution is -0.137. The van der Waals surface area contributed by atoms with Gasteiger partial charge in [0.2, 0.25) is 0 Å². The first-order chi connectivity index (χ1) is 11.3. The van der Waals surface area contributed by atoms with Crippen LogP contribution in [-0.2, 0) is 4.79 Å². The molecule has 2 rings (SSSR count). The Morgan fingerprint density at radius 1 is 1.00 bits per heavy atom. The maximum atomic E-state index is 12.5. The molecule has 4 nitrogen and oxygen atoms in total. The summed E-state index contributed by atoms with van der Waals surface area (Å²) in [7, 11) is 0. The molecular formula is C16H11Cl4NO3. The second kappa shape index (κ2) is 8.08. The van der Waals surface area contributed by atoms with Gasteiger partial charge in [0.1, 0.15) is 0 Å². The van der Waals surface area contributed by atoms with Gasteiger partial charge in [-0.25, -0.2) is 0 Å². The Morgan fingerprint density at radius 3 is 2.17 bits per heavy atom. The molecule has 0 aromatic heterocycles. The topological polar surface area (TPSA) is 66.4 Å². The highest BCUT2D eigenvalue weighted by Crippen LogP contribution is 2.30. The molecule has 0 heterocycles. The standard InChI is InChI=1S/C16H11Cl4NO3/c17-8-4-5-9(12(20)6-8)13(7-14(22)23)21-16(24)15-10(18)2-1-3-11(15)19/h1-6,13H,7H2,(H,21,24)(H,22,23). The van der Waals surface area contributed by atoms with Crippen molar-refractivity contribution in [2.45, 2.75) is 12.5 Å². The molecule has 1 atom stereocenters. The third-order valence-corrected chi connectivity index (χ3v) is 4.40. The number of aliphatic carboxylic acids is 1. The quantitative estimate of drug-likeness (QED) is 0.712. The number of amides is 1. The average Bonchev–Trinajstić information content (AvgIpc) is 2.45. The van der Waals surface area contributed by atoms with E-state index in [-0.39, 0.29) is 27.1 Å². The molecule has 0 bridgehead atoms. The van der Waals surface area contributed by atoms with Crippen LogP contribution in [0.25, 0.3) is 0 Å². The summed E-state index contributed by atoms with van der Waals surface area (Å²) < 4.78 is 0. The summed E-state index contributed by atoms with van der Waals surface area (Å²) in [6.45, 7) is 0. The number of carboxylic acids is 1. The number of carboxylic acid groups (broad SMARTS) is 1. The molecule has 0 fully saturated rings. The Balaban J connectivity index is 2.36. The van der Waals surface area contributed by atoms with E-state index in [0.29, 0.717) is 10.6 Å². The van der Waals surface area contributed by atoms with Crippen molar-refractivity contribution in [3.63, 3.8) is 0 Å². The Morgan fingerprint density at radius 2 is 1.62 bits per heavy atom. The van der Waals surface area contributed by atoms with Crippen LogP contribution in [0.3, 0.4) is 0 Å². The summed E-state index contributed by atoms with van der Waals surface area (Å²) in [4.78, 5) is 23.6. The van der Waals surface area contributed by atoms with E-state index in [1.807, 2.05) is 0 Å². The van der Waals surface area contributed by atoms with Crippen LogP contribution < -0.4 is 5.32 Å². The predicted molar refractivity (Wildman–Crippen MR) is 95.4 cm³/mol. The van der Waals surface area contributed by atoms with E-state index in [1.165, 1.54) is 18.2 Å². The van der Waals surface area contributed by atoms with Gasteiger partial charge >= 0.3 is 5.97 Å². The maximum absolute atomic E-state index is 12.5. The first-order valence-electron chi connectivity index (χ1n) is 6.71. The van der Waals surface area contributed by atoms with E-state index >= 15 is 0 Å². The molecule has 8 heteroatoms. The first-order valence-corrected chi connectivity index (χ1v) is 8.22. The van der Waals surface area contributed by atoms with Crippen LogP contribution in [-0.4, -0.2) is 17.0 Å². The van der Waals surface area contributed by atoms with Crippen molar-refractivity contribution in [2.24, 2.45) is 0 Å². The smallest absolute Gasteiger partial charge is 0.305 e. The van der Waals surface area contributed by atoms with Crippen molar-refractivity contribution < 1.29 is 14.7 Å². The number of benzene rings is 2. The highest BCUT2D eigenvalue weighted by Gasteiger charge is 2.23. The van der Waals surface area contributed by atoms with Gasteiger partial charge < -0.3 is 10.4 Å². The molecular weight excluding hydrogens is 396 g/mol. The summed E-state index contributed by atoms with van der Waals surface area (Å²) in [6.07, 6.45) is -0.366. The molecule has 0 aliphatic heterocycles. The summed E-state index contributed by atoms with van der Waals surface area (Å²) in [6, 6.07) is 8.37. The van der Waals surface area contributed by atoms with E-state index in [9.17, 15) is 9.59 Å². The lowest BCUT2D eigenvalue weighted by Gasteiger charge is -2.19. The Bertz CT molecular complexity index is 775. The number of rotatable bonds is 5. The fraction of sp³-hybridized carbons (Fsp3) is 0.125. The molecule has 2 aromatic carbocycles. The van der Waals surface area contributed by atoms with Crippen molar-refractivity contribution in [3.05, 3.63) is 67.6 Å². The van der Waals surface area contributed by atoms with Gasteiger partial charge in [-0.15, -0.1) is 0 Å². The SMILES string of the molecule is O=C(O)CC(NC(=O)c1c(Cl)cccc1Cl)c1ccc(Cl)cc1Cl.